The second-order valence-electron chi connectivity index (χ2n) is 3.12. The van der Waals surface area contributed by atoms with Crippen LogP contribution < -0.4 is 5.73 Å². The van der Waals surface area contributed by atoms with Gasteiger partial charge in [-0.2, -0.15) is 0 Å². The number of rotatable bonds is 3. The normalized spacial score (nSPS) is 19.1. The van der Waals surface area contributed by atoms with Crippen molar-refractivity contribution in [2.24, 2.45) is 5.73 Å². The van der Waals surface area contributed by atoms with Gasteiger partial charge in [0.05, 0.1) is 6.54 Å². The lowest BCUT2D eigenvalue weighted by molar-refractivity contribution is -0.131. The average Bonchev–Trinajstić information content (AvgIpc) is 2.18. The van der Waals surface area contributed by atoms with Crippen molar-refractivity contribution in [1.29, 1.82) is 0 Å². The highest BCUT2D eigenvalue weighted by molar-refractivity contribution is 5.78. The lowest BCUT2D eigenvalue weighted by Gasteiger charge is -2.33. The Morgan fingerprint density at radius 3 is 2.38 bits per heavy atom. The van der Waals surface area contributed by atoms with Gasteiger partial charge in [-0.1, -0.05) is 0 Å². The summed E-state index contributed by atoms with van der Waals surface area (Å²) in [6.07, 6.45) is 0. The van der Waals surface area contributed by atoms with E-state index in [0.717, 1.165) is 13.1 Å². The van der Waals surface area contributed by atoms with E-state index in [4.69, 9.17) is 5.73 Å². The molecule has 2 N–H and O–H groups in total. The Balaban J connectivity index is 2.26. The number of piperazine rings is 1. The number of hydrogen-bond acceptors (Lipinski definition) is 3. The van der Waals surface area contributed by atoms with Crippen LogP contribution in [0.5, 0.6) is 0 Å². The van der Waals surface area contributed by atoms with Gasteiger partial charge in [-0.3, -0.25) is 9.69 Å². The van der Waals surface area contributed by atoms with E-state index in [2.05, 4.69) is 0 Å². The maximum absolute atomic E-state index is 12.0. The summed E-state index contributed by atoms with van der Waals surface area (Å²) >= 11 is 0. The van der Waals surface area contributed by atoms with Gasteiger partial charge in [0.2, 0.25) is 5.91 Å². The summed E-state index contributed by atoms with van der Waals surface area (Å²) in [6, 6.07) is 0. The zero-order chi connectivity index (χ0) is 9.68. The Morgan fingerprint density at radius 1 is 1.31 bits per heavy atom. The molecule has 1 aliphatic heterocycles. The molecule has 1 aliphatic rings. The van der Waals surface area contributed by atoms with E-state index in [1.807, 2.05) is 4.90 Å². The minimum Gasteiger partial charge on any atom is -0.339 e. The Hall–Kier alpha value is -0.680. The Morgan fingerprint density at radius 2 is 1.92 bits per heavy atom. The van der Waals surface area contributed by atoms with Crippen LogP contribution in [0.4, 0.5) is 4.39 Å². The molecule has 0 unspecified atom stereocenters. The van der Waals surface area contributed by atoms with E-state index in [1.165, 1.54) is 0 Å². The molecule has 1 rings (SSSR count). The minimum atomic E-state index is -0.315. The Kier molecular flexibility index (Phi) is 4.11. The molecule has 0 bridgehead atoms. The molecule has 0 aromatic carbocycles. The quantitative estimate of drug-likeness (QED) is 0.623. The van der Waals surface area contributed by atoms with Crippen LogP contribution in [-0.2, 0) is 4.79 Å². The molecule has 0 radical (unpaired) electrons. The van der Waals surface area contributed by atoms with Crippen LogP contribution in [-0.4, -0.2) is 61.7 Å². The molecule has 1 amide bonds. The van der Waals surface area contributed by atoms with E-state index >= 15 is 0 Å². The van der Waals surface area contributed by atoms with Crippen molar-refractivity contribution in [2.45, 2.75) is 0 Å². The monoisotopic (exact) mass is 189 g/mol. The zero-order valence-corrected chi connectivity index (χ0v) is 7.71. The van der Waals surface area contributed by atoms with Crippen molar-refractivity contribution in [3.8, 4) is 0 Å². The first-order chi connectivity index (χ1) is 6.27. The van der Waals surface area contributed by atoms with Crippen molar-refractivity contribution in [1.82, 2.24) is 9.80 Å². The third-order valence-electron chi connectivity index (χ3n) is 2.30. The first kappa shape index (κ1) is 10.4. The third kappa shape index (κ3) is 2.93. The molecular weight excluding hydrogens is 173 g/mol. The molecule has 0 saturated carbocycles. The lowest BCUT2D eigenvalue weighted by Crippen LogP contribution is -2.50. The standard InChI is InChI=1S/C8H16FN3O/c9-1-2-11-3-5-12(6-4-11)8(13)7-10/h1-7,10H2. The summed E-state index contributed by atoms with van der Waals surface area (Å²) in [5.41, 5.74) is 5.23. The summed E-state index contributed by atoms with van der Waals surface area (Å²) in [4.78, 5) is 14.9. The first-order valence-electron chi connectivity index (χ1n) is 4.54. The highest BCUT2D eigenvalue weighted by Crippen LogP contribution is 2.01. The number of halogens is 1. The molecule has 5 heteroatoms. The maximum atomic E-state index is 12.0. The van der Waals surface area contributed by atoms with Gasteiger partial charge in [-0.15, -0.1) is 0 Å². The fourth-order valence-corrected chi connectivity index (χ4v) is 1.47. The van der Waals surface area contributed by atoms with Crippen LogP contribution in [0.3, 0.4) is 0 Å². The molecule has 0 aromatic rings. The second kappa shape index (κ2) is 5.14. The molecule has 0 spiro atoms. The molecule has 4 nitrogen and oxygen atoms in total. The second-order valence-corrected chi connectivity index (χ2v) is 3.12. The number of nitrogens with zero attached hydrogens (tertiary/aromatic N) is 2. The highest BCUT2D eigenvalue weighted by atomic mass is 19.1. The molecule has 13 heavy (non-hydrogen) atoms. The molecule has 1 fully saturated rings. The zero-order valence-electron chi connectivity index (χ0n) is 7.71. The first-order valence-corrected chi connectivity index (χ1v) is 4.54. The van der Waals surface area contributed by atoms with E-state index in [-0.39, 0.29) is 19.1 Å². The summed E-state index contributed by atoms with van der Waals surface area (Å²) in [7, 11) is 0. The summed E-state index contributed by atoms with van der Waals surface area (Å²) in [5, 5.41) is 0. The number of carbonyl (C=O) groups is 1. The molecule has 0 atom stereocenters. The Labute approximate surface area is 77.5 Å². The van der Waals surface area contributed by atoms with E-state index in [1.54, 1.807) is 4.90 Å². The molecule has 0 aromatic heterocycles. The maximum Gasteiger partial charge on any atom is 0.236 e. The van der Waals surface area contributed by atoms with Crippen LogP contribution in [0.2, 0.25) is 0 Å². The van der Waals surface area contributed by atoms with Crippen LogP contribution in [0.25, 0.3) is 0 Å². The highest BCUT2D eigenvalue weighted by Gasteiger charge is 2.19. The number of alkyl halides is 1. The van der Waals surface area contributed by atoms with E-state index < -0.39 is 0 Å². The minimum absolute atomic E-state index is 0.0140. The fourth-order valence-electron chi connectivity index (χ4n) is 1.47. The van der Waals surface area contributed by atoms with Gasteiger partial charge in [-0.25, -0.2) is 4.39 Å². The number of amides is 1. The lowest BCUT2D eigenvalue weighted by atomic mass is 10.3. The predicted molar refractivity (Wildman–Crippen MR) is 48.0 cm³/mol. The summed E-state index contributed by atoms with van der Waals surface area (Å²) < 4.78 is 12.0. The Bertz CT molecular complexity index is 169. The number of hydrogen-bond donors (Lipinski definition) is 1. The SMILES string of the molecule is NCC(=O)N1CCN(CCF)CC1. The molecule has 0 aliphatic carbocycles. The largest absolute Gasteiger partial charge is 0.339 e. The van der Waals surface area contributed by atoms with E-state index in [9.17, 15) is 9.18 Å². The molecular formula is C8H16FN3O. The van der Waals surface area contributed by atoms with Gasteiger partial charge in [0, 0.05) is 32.7 Å². The predicted octanol–water partition coefficient (Wildman–Crippen LogP) is -0.941. The van der Waals surface area contributed by atoms with Crippen molar-refractivity contribution < 1.29 is 9.18 Å². The van der Waals surface area contributed by atoms with Gasteiger partial charge in [-0.05, 0) is 0 Å². The van der Waals surface area contributed by atoms with Gasteiger partial charge in [0.25, 0.3) is 0 Å². The van der Waals surface area contributed by atoms with Crippen LogP contribution in [0, 0.1) is 0 Å². The molecule has 76 valence electrons. The van der Waals surface area contributed by atoms with Gasteiger partial charge in [0.1, 0.15) is 6.67 Å². The van der Waals surface area contributed by atoms with E-state index in [0.29, 0.717) is 19.6 Å². The molecule has 1 saturated heterocycles. The summed E-state index contributed by atoms with van der Waals surface area (Å²) in [6.45, 7) is 3.11. The van der Waals surface area contributed by atoms with Crippen molar-refractivity contribution >= 4 is 5.91 Å². The van der Waals surface area contributed by atoms with Crippen LogP contribution in [0.15, 0.2) is 0 Å². The van der Waals surface area contributed by atoms with Crippen molar-refractivity contribution in [3.05, 3.63) is 0 Å². The van der Waals surface area contributed by atoms with Crippen LogP contribution >= 0.6 is 0 Å². The van der Waals surface area contributed by atoms with Crippen LogP contribution in [0.1, 0.15) is 0 Å². The van der Waals surface area contributed by atoms with Crippen molar-refractivity contribution in [3.63, 3.8) is 0 Å². The van der Waals surface area contributed by atoms with Crippen molar-refractivity contribution in [2.75, 3.05) is 45.9 Å². The number of nitrogens with two attached hydrogens (primary N) is 1. The van der Waals surface area contributed by atoms with Gasteiger partial charge in [0.15, 0.2) is 0 Å². The average molecular weight is 189 g/mol. The molecule has 1 heterocycles. The van der Waals surface area contributed by atoms with Gasteiger partial charge < -0.3 is 10.6 Å². The summed E-state index contributed by atoms with van der Waals surface area (Å²) in [5.74, 6) is -0.0140. The smallest absolute Gasteiger partial charge is 0.236 e. The number of carbonyl (C=O) groups excluding carboxylic acids is 1. The van der Waals surface area contributed by atoms with Gasteiger partial charge >= 0.3 is 0 Å². The third-order valence-corrected chi connectivity index (χ3v) is 2.30. The fraction of sp³-hybridized carbons (Fsp3) is 0.875. The topological polar surface area (TPSA) is 49.6 Å².